The molecule has 6 nitrogen and oxygen atoms in total. The summed E-state index contributed by atoms with van der Waals surface area (Å²) >= 11 is 1.06. The van der Waals surface area contributed by atoms with E-state index >= 15 is 0 Å². The minimum atomic E-state index is -3.52. The maximum atomic E-state index is 13.1. The number of sulfonamides is 1. The van der Waals surface area contributed by atoms with Crippen molar-refractivity contribution in [2.24, 2.45) is 0 Å². The van der Waals surface area contributed by atoms with Crippen molar-refractivity contribution in [3.8, 4) is 0 Å². The molecule has 0 radical (unpaired) electrons. The van der Waals surface area contributed by atoms with E-state index in [9.17, 15) is 8.42 Å². The number of aromatic nitrogens is 2. The fourth-order valence-corrected chi connectivity index (χ4v) is 6.09. The molecule has 9 heteroatoms. The molecule has 1 aromatic carbocycles. The molecule has 2 saturated heterocycles. The van der Waals surface area contributed by atoms with E-state index in [4.69, 9.17) is 0 Å². The van der Waals surface area contributed by atoms with Crippen LogP contribution in [-0.4, -0.2) is 46.6 Å². The van der Waals surface area contributed by atoms with Gasteiger partial charge < -0.3 is 5.32 Å². The minimum Gasteiger partial charge on any atom is -0.315 e. The quantitative estimate of drug-likeness (QED) is 0.881. The van der Waals surface area contributed by atoms with Crippen LogP contribution in [0.1, 0.15) is 19.3 Å². The summed E-state index contributed by atoms with van der Waals surface area (Å²) in [6, 6.07) is 5.36. The van der Waals surface area contributed by atoms with Crippen LogP contribution in [0, 0.1) is 0 Å². The number of halogens is 1. The van der Waals surface area contributed by atoms with Crippen molar-refractivity contribution in [2.75, 3.05) is 13.1 Å². The van der Waals surface area contributed by atoms with Crippen molar-refractivity contribution in [3.05, 3.63) is 18.2 Å². The summed E-state index contributed by atoms with van der Waals surface area (Å²) in [5.74, 6) is 0. The number of nitrogens with zero attached hydrogens (tertiary/aromatic N) is 3. The van der Waals surface area contributed by atoms with Crippen LogP contribution in [-0.2, 0) is 10.0 Å². The van der Waals surface area contributed by atoms with Crippen molar-refractivity contribution >= 4 is 45.2 Å². The molecule has 2 aliphatic rings. The molecule has 0 saturated carbocycles. The molecule has 2 fully saturated rings. The van der Waals surface area contributed by atoms with Gasteiger partial charge in [-0.3, -0.25) is 0 Å². The van der Waals surface area contributed by atoms with Gasteiger partial charge in [0.2, 0.25) is 10.0 Å². The van der Waals surface area contributed by atoms with Crippen LogP contribution in [0.15, 0.2) is 23.1 Å². The summed E-state index contributed by atoms with van der Waals surface area (Å²) in [5, 5.41) is 3.33. The Balaban J connectivity index is 0.00000144. The van der Waals surface area contributed by atoms with Gasteiger partial charge in [0, 0.05) is 18.6 Å². The Labute approximate surface area is 139 Å². The molecule has 3 heterocycles. The van der Waals surface area contributed by atoms with E-state index in [-0.39, 0.29) is 24.5 Å². The van der Waals surface area contributed by atoms with Crippen LogP contribution in [0.3, 0.4) is 0 Å². The third kappa shape index (κ3) is 2.43. The number of hydrogen-bond acceptors (Lipinski definition) is 6. The molecule has 1 aromatic heterocycles. The zero-order valence-corrected chi connectivity index (χ0v) is 14.3. The molecule has 0 amide bonds. The molecular formula is C13H17ClN4O2S2. The third-order valence-electron chi connectivity index (χ3n) is 4.39. The fraction of sp³-hybridized carbons (Fsp3) is 0.538. The van der Waals surface area contributed by atoms with Crippen LogP contribution in [0.5, 0.6) is 0 Å². The number of hydrogen-bond donors (Lipinski definition) is 1. The van der Waals surface area contributed by atoms with Gasteiger partial charge >= 0.3 is 0 Å². The Kier molecular flexibility index (Phi) is 4.39. The first-order chi connectivity index (χ1) is 10.2. The maximum Gasteiger partial charge on any atom is 0.245 e. The molecule has 4 rings (SSSR count). The highest BCUT2D eigenvalue weighted by atomic mass is 35.5. The highest BCUT2D eigenvalue weighted by Gasteiger charge is 2.43. The normalized spacial score (nSPS) is 25.8. The molecule has 2 aromatic rings. The van der Waals surface area contributed by atoms with E-state index in [1.807, 2.05) is 0 Å². The lowest BCUT2D eigenvalue weighted by molar-refractivity contribution is 0.335. The first-order valence-corrected chi connectivity index (χ1v) is 9.30. The van der Waals surface area contributed by atoms with Gasteiger partial charge in [-0.15, -0.1) is 12.4 Å². The molecule has 120 valence electrons. The summed E-state index contributed by atoms with van der Waals surface area (Å²) in [7, 11) is -3.52. The van der Waals surface area contributed by atoms with E-state index in [0.29, 0.717) is 15.9 Å². The second kappa shape index (κ2) is 6.01. The second-order valence-electron chi connectivity index (χ2n) is 5.60. The molecule has 2 unspecified atom stereocenters. The topological polar surface area (TPSA) is 75.2 Å². The highest BCUT2D eigenvalue weighted by Crippen LogP contribution is 2.35. The molecule has 0 aliphatic carbocycles. The monoisotopic (exact) mass is 360 g/mol. The molecule has 22 heavy (non-hydrogen) atoms. The van der Waals surface area contributed by atoms with Gasteiger partial charge in [-0.2, -0.15) is 13.1 Å². The zero-order chi connectivity index (χ0) is 14.4. The summed E-state index contributed by atoms with van der Waals surface area (Å²) in [6.45, 7) is 1.62. The predicted molar refractivity (Wildman–Crippen MR) is 88.0 cm³/mol. The van der Waals surface area contributed by atoms with Gasteiger partial charge in [0.1, 0.15) is 15.9 Å². The zero-order valence-electron chi connectivity index (χ0n) is 11.8. The average molecular weight is 361 g/mol. The lowest BCUT2D eigenvalue weighted by Crippen LogP contribution is -2.42. The lowest BCUT2D eigenvalue weighted by Gasteiger charge is -2.26. The summed E-state index contributed by atoms with van der Waals surface area (Å²) < 4.78 is 36.3. The molecule has 2 atom stereocenters. The van der Waals surface area contributed by atoms with Gasteiger partial charge in [-0.05, 0) is 37.9 Å². The second-order valence-corrected chi connectivity index (χ2v) is 7.94. The number of fused-ring (bicyclic) bond motifs is 3. The molecule has 0 spiro atoms. The van der Waals surface area contributed by atoms with E-state index in [0.717, 1.165) is 44.1 Å². The van der Waals surface area contributed by atoms with Crippen LogP contribution in [0.25, 0.3) is 11.0 Å². The lowest BCUT2D eigenvalue weighted by atomic mass is 10.1. The summed E-state index contributed by atoms with van der Waals surface area (Å²) in [4.78, 5) is 0.299. The van der Waals surface area contributed by atoms with Gasteiger partial charge in [-0.25, -0.2) is 8.42 Å². The van der Waals surface area contributed by atoms with E-state index in [2.05, 4.69) is 14.1 Å². The Bertz CT molecular complexity index is 765. The van der Waals surface area contributed by atoms with Crippen molar-refractivity contribution < 1.29 is 8.42 Å². The third-order valence-corrected chi connectivity index (χ3v) is 6.97. The van der Waals surface area contributed by atoms with Crippen molar-refractivity contribution in [1.82, 2.24) is 18.4 Å². The summed E-state index contributed by atoms with van der Waals surface area (Å²) in [6.07, 6.45) is 2.76. The van der Waals surface area contributed by atoms with Crippen LogP contribution < -0.4 is 5.32 Å². The SMILES string of the molecule is Cl.O=S(=O)(c1cccc2nsnc12)N1C2CCNCC1CC2. The average Bonchev–Trinajstić information content (AvgIpc) is 3.01. The number of rotatable bonds is 2. The van der Waals surface area contributed by atoms with Gasteiger partial charge in [-0.1, -0.05) is 6.07 Å². The molecule has 2 bridgehead atoms. The van der Waals surface area contributed by atoms with E-state index in [1.54, 1.807) is 22.5 Å². The largest absolute Gasteiger partial charge is 0.315 e. The Morgan fingerprint density at radius 1 is 1.18 bits per heavy atom. The molecule has 1 N–H and O–H groups in total. The fourth-order valence-electron chi connectivity index (χ4n) is 3.43. The van der Waals surface area contributed by atoms with Crippen molar-refractivity contribution in [3.63, 3.8) is 0 Å². The Hall–Kier alpha value is -0.800. The highest BCUT2D eigenvalue weighted by molar-refractivity contribution is 7.89. The summed E-state index contributed by atoms with van der Waals surface area (Å²) in [5.41, 5.74) is 1.15. The Morgan fingerprint density at radius 2 is 2.00 bits per heavy atom. The number of benzene rings is 1. The Morgan fingerprint density at radius 3 is 2.86 bits per heavy atom. The number of nitrogens with one attached hydrogen (secondary N) is 1. The maximum absolute atomic E-state index is 13.1. The molecule has 2 aliphatic heterocycles. The van der Waals surface area contributed by atoms with Crippen LogP contribution >= 0.6 is 24.1 Å². The predicted octanol–water partition coefficient (Wildman–Crippen LogP) is 1.63. The van der Waals surface area contributed by atoms with Gasteiger partial charge in [0.15, 0.2) is 0 Å². The van der Waals surface area contributed by atoms with Crippen LogP contribution in [0.2, 0.25) is 0 Å². The van der Waals surface area contributed by atoms with Crippen molar-refractivity contribution in [2.45, 2.75) is 36.2 Å². The van der Waals surface area contributed by atoms with Crippen molar-refractivity contribution in [1.29, 1.82) is 0 Å². The first kappa shape index (κ1) is 16.1. The minimum absolute atomic E-state index is 0. The van der Waals surface area contributed by atoms with Gasteiger partial charge in [0.05, 0.1) is 11.7 Å². The molecular weight excluding hydrogens is 344 g/mol. The first-order valence-electron chi connectivity index (χ1n) is 7.13. The standard InChI is InChI=1S/C13H16N4O2S2.ClH/c18-21(19,12-3-1-2-11-13(12)16-20-15-11)17-9-4-5-10(17)8-14-7-6-9;/h1-3,9-10,14H,4-8H2;1H. The van der Waals surface area contributed by atoms with Gasteiger partial charge in [0.25, 0.3) is 0 Å². The van der Waals surface area contributed by atoms with Crippen LogP contribution in [0.4, 0.5) is 0 Å². The smallest absolute Gasteiger partial charge is 0.245 e. The van der Waals surface area contributed by atoms with E-state index < -0.39 is 10.0 Å². The van der Waals surface area contributed by atoms with E-state index in [1.165, 1.54) is 0 Å².